The van der Waals surface area contributed by atoms with Gasteiger partial charge < -0.3 is 15.3 Å². The van der Waals surface area contributed by atoms with E-state index in [0.29, 0.717) is 24.8 Å². The van der Waals surface area contributed by atoms with Crippen molar-refractivity contribution in [1.82, 2.24) is 0 Å². The maximum Gasteiger partial charge on any atom is 0.178 e. The molecule has 0 aromatic rings. The molecule has 0 aromatic carbocycles. The van der Waals surface area contributed by atoms with Crippen LogP contribution in [0.3, 0.4) is 0 Å². The first kappa shape index (κ1) is 19.0. The number of ketones is 1. The van der Waals surface area contributed by atoms with Crippen LogP contribution in [0.4, 0.5) is 4.39 Å². The number of fused-ring (bicyclic) bond motifs is 5. The van der Waals surface area contributed by atoms with Crippen LogP contribution in [-0.2, 0) is 4.79 Å². The van der Waals surface area contributed by atoms with E-state index < -0.39 is 35.3 Å². The third-order valence-corrected chi connectivity index (χ3v) is 8.28. The lowest BCUT2D eigenvalue weighted by Crippen LogP contribution is -2.59. The summed E-state index contributed by atoms with van der Waals surface area (Å²) in [5.41, 5.74) is -0.970. The molecule has 3 N–H and O–H groups in total. The van der Waals surface area contributed by atoms with Crippen molar-refractivity contribution in [2.24, 2.45) is 28.6 Å². The van der Waals surface area contributed by atoms with E-state index in [1.54, 1.807) is 0 Å². The van der Waals surface area contributed by atoms with Gasteiger partial charge in [0, 0.05) is 10.8 Å². The molecule has 0 spiro atoms. The van der Waals surface area contributed by atoms with Gasteiger partial charge in [-0.3, -0.25) is 4.79 Å². The minimum atomic E-state index is -1.41. The van der Waals surface area contributed by atoms with E-state index in [1.807, 2.05) is 26.8 Å². The molecule has 4 aliphatic rings. The molecule has 0 saturated heterocycles. The second kappa shape index (κ2) is 5.85. The fraction of sp³-hybridized carbons (Fsp3) is 0.682. The van der Waals surface area contributed by atoms with Gasteiger partial charge in [-0.25, -0.2) is 4.39 Å². The molecule has 0 heterocycles. The molecule has 27 heavy (non-hydrogen) atoms. The van der Waals surface area contributed by atoms with Gasteiger partial charge in [0.05, 0.1) is 6.61 Å². The fourth-order valence-corrected chi connectivity index (χ4v) is 6.76. The molecule has 0 unspecified atom stereocenters. The van der Waals surface area contributed by atoms with Crippen molar-refractivity contribution in [2.45, 2.75) is 57.9 Å². The summed E-state index contributed by atoms with van der Waals surface area (Å²) in [5, 5.41) is 31.5. The van der Waals surface area contributed by atoms with E-state index in [4.69, 9.17) is 0 Å². The monoisotopic (exact) mass is 376 g/mol. The van der Waals surface area contributed by atoms with E-state index in [1.165, 1.54) is 12.2 Å². The summed E-state index contributed by atoms with van der Waals surface area (Å²) in [6.45, 7) is 5.35. The average Bonchev–Trinajstić information content (AvgIpc) is 2.84. The predicted molar refractivity (Wildman–Crippen MR) is 99.5 cm³/mol. The van der Waals surface area contributed by atoms with Crippen molar-refractivity contribution >= 4 is 5.78 Å². The largest absolute Gasteiger partial charge is 0.394 e. The Hall–Kier alpha value is -1.30. The third kappa shape index (κ3) is 2.22. The van der Waals surface area contributed by atoms with Crippen molar-refractivity contribution in [2.75, 3.05) is 6.61 Å². The predicted octanol–water partition coefficient (Wildman–Crippen LogP) is 2.49. The first-order valence-corrected chi connectivity index (χ1v) is 9.90. The zero-order chi connectivity index (χ0) is 19.8. The van der Waals surface area contributed by atoms with Crippen molar-refractivity contribution in [3.05, 3.63) is 35.5 Å². The van der Waals surface area contributed by atoms with Gasteiger partial charge in [0.2, 0.25) is 0 Å². The third-order valence-electron chi connectivity index (χ3n) is 8.28. The van der Waals surface area contributed by atoms with Crippen LogP contribution in [0, 0.1) is 28.6 Å². The quantitative estimate of drug-likeness (QED) is 0.647. The van der Waals surface area contributed by atoms with Gasteiger partial charge in [-0.1, -0.05) is 31.6 Å². The Balaban J connectivity index is 1.81. The van der Waals surface area contributed by atoms with Crippen LogP contribution in [0.15, 0.2) is 35.5 Å². The van der Waals surface area contributed by atoms with Crippen molar-refractivity contribution < 1.29 is 24.5 Å². The van der Waals surface area contributed by atoms with Crippen LogP contribution in [0.1, 0.15) is 40.0 Å². The summed E-state index contributed by atoms with van der Waals surface area (Å²) in [5.74, 6) is -0.407. The fourth-order valence-electron chi connectivity index (χ4n) is 6.76. The molecule has 4 aliphatic carbocycles. The number of carbonyl (C=O) groups is 1. The van der Waals surface area contributed by atoms with Crippen LogP contribution in [0.5, 0.6) is 0 Å². The number of rotatable bonds is 2. The van der Waals surface area contributed by atoms with Gasteiger partial charge in [0.1, 0.15) is 17.9 Å². The summed E-state index contributed by atoms with van der Waals surface area (Å²) >= 11 is 0. The summed E-state index contributed by atoms with van der Waals surface area (Å²) in [7, 11) is 0. The summed E-state index contributed by atoms with van der Waals surface area (Å²) in [6.07, 6.45) is 6.00. The number of aliphatic hydroxyl groups is 3. The Morgan fingerprint density at radius 1 is 1.30 bits per heavy atom. The number of carbonyl (C=O) groups excluding carboxylic acids is 1. The highest BCUT2D eigenvalue weighted by Gasteiger charge is 2.67. The van der Waals surface area contributed by atoms with E-state index in [0.717, 1.165) is 5.57 Å². The summed E-state index contributed by atoms with van der Waals surface area (Å²) < 4.78 is 15.2. The molecular weight excluding hydrogens is 347 g/mol. The summed E-state index contributed by atoms with van der Waals surface area (Å²) in [6, 6.07) is 0. The molecular formula is C22H29FO4. The molecule has 148 valence electrons. The van der Waals surface area contributed by atoms with Gasteiger partial charge in [-0.2, -0.15) is 0 Å². The maximum absolute atomic E-state index is 15.2. The van der Waals surface area contributed by atoms with E-state index in [2.05, 4.69) is 6.08 Å². The highest BCUT2D eigenvalue weighted by atomic mass is 19.1. The average molecular weight is 376 g/mol. The Bertz CT molecular complexity index is 770. The lowest BCUT2D eigenvalue weighted by Gasteiger charge is -2.55. The van der Waals surface area contributed by atoms with Crippen LogP contribution < -0.4 is 0 Å². The molecule has 5 heteroatoms. The molecule has 0 aliphatic heterocycles. The number of halogens is 1. The standard InChI is InChI=1S/C22H29FO4/c1-12-8-16-14-10-18(23)17-9-13(25)4-6-20(17,2)15(14)5-7-21(16,3)22(12,27)19(26)11-24/h4-6,9,12,14,16,18-19,24,26-27H,7-8,10-11H2,1-3H3/t12-,14+,16-,18+,19+,20+,21-,22-/m0/s1. The second-order valence-electron chi connectivity index (χ2n) is 9.40. The van der Waals surface area contributed by atoms with Crippen LogP contribution in [-0.4, -0.2) is 45.6 Å². The van der Waals surface area contributed by atoms with Gasteiger partial charge in [0.25, 0.3) is 0 Å². The van der Waals surface area contributed by atoms with E-state index in [-0.39, 0.29) is 23.5 Å². The van der Waals surface area contributed by atoms with Crippen molar-refractivity contribution in [1.29, 1.82) is 0 Å². The van der Waals surface area contributed by atoms with Gasteiger partial charge in [0.15, 0.2) is 5.78 Å². The van der Waals surface area contributed by atoms with E-state index in [9.17, 15) is 20.1 Å². The number of hydrogen-bond donors (Lipinski definition) is 3. The normalized spacial score (nSPS) is 49.7. The van der Waals surface area contributed by atoms with Crippen molar-refractivity contribution in [3.63, 3.8) is 0 Å². The number of aliphatic hydroxyl groups excluding tert-OH is 2. The Kier molecular flexibility index (Phi) is 4.12. The van der Waals surface area contributed by atoms with Crippen LogP contribution >= 0.6 is 0 Å². The SMILES string of the molecule is C[C@H]1C[C@H]2[C@@H]3C[C@@H](F)C4=CC(=O)C=C[C@]4(C)C3=CC[C@]2(C)[C@@]1(O)[C@H](O)CO. The first-order valence-electron chi connectivity index (χ1n) is 9.90. The minimum Gasteiger partial charge on any atom is -0.394 e. The Labute approximate surface area is 159 Å². The lowest BCUT2D eigenvalue weighted by atomic mass is 9.51. The first-order chi connectivity index (χ1) is 12.6. The molecule has 2 fully saturated rings. The Morgan fingerprint density at radius 3 is 2.67 bits per heavy atom. The molecule has 4 nitrogen and oxygen atoms in total. The molecule has 0 aromatic heterocycles. The minimum absolute atomic E-state index is 0.0151. The number of hydrogen-bond acceptors (Lipinski definition) is 4. The highest BCUT2D eigenvalue weighted by Crippen LogP contribution is 2.67. The molecule has 0 radical (unpaired) electrons. The van der Waals surface area contributed by atoms with Crippen LogP contribution in [0.2, 0.25) is 0 Å². The zero-order valence-corrected chi connectivity index (χ0v) is 16.2. The lowest BCUT2D eigenvalue weighted by molar-refractivity contribution is -0.181. The summed E-state index contributed by atoms with van der Waals surface area (Å²) in [4.78, 5) is 11.8. The van der Waals surface area contributed by atoms with Gasteiger partial charge in [-0.05, 0) is 61.7 Å². The highest BCUT2D eigenvalue weighted by molar-refractivity contribution is 6.01. The molecule has 4 rings (SSSR count). The van der Waals surface area contributed by atoms with Gasteiger partial charge >= 0.3 is 0 Å². The topological polar surface area (TPSA) is 77.8 Å². The maximum atomic E-state index is 15.2. The molecule has 0 amide bonds. The number of alkyl halides is 1. The van der Waals surface area contributed by atoms with Crippen LogP contribution in [0.25, 0.3) is 0 Å². The molecule has 2 saturated carbocycles. The number of allylic oxidation sites excluding steroid dienone is 6. The van der Waals surface area contributed by atoms with E-state index >= 15 is 4.39 Å². The molecule has 8 atom stereocenters. The molecule has 0 bridgehead atoms. The van der Waals surface area contributed by atoms with Crippen molar-refractivity contribution in [3.8, 4) is 0 Å². The second-order valence-corrected chi connectivity index (χ2v) is 9.40. The zero-order valence-electron chi connectivity index (χ0n) is 16.2. The van der Waals surface area contributed by atoms with Gasteiger partial charge in [-0.15, -0.1) is 0 Å². The Morgan fingerprint density at radius 2 is 2.00 bits per heavy atom. The smallest absolute Gasteiger partial charge is 0.178 e.